The first kappa shape index (κ1) is 10.7. The van der Waals surface area contributed by atoms with Crippen LogP contribution in [0, 0.1) is 0 Å². The molecular formula is C12H14BrNO. The summed E-state index contributed by atoms with van der Waals surface area (Å²) < 4.78 is 0. The number of likely N-dealkylation sites (tertiary alicyclic amines) is 1. The minimum Gasteiger partial charge on any atom is -0.335 e. The van der Waals surface area contributed by atoms with Crippen LogP contribution in [-0.2, 0) is 4.79 Å². The van der Waals surface area contributed by atoms with Crippen molar-refractivity contribution in [1.29, 1.82) is 0 Å². The Balaban J connectivity index is 2.16. The Morgan fingerprint density at radius 2 is 2.07 bits per heavy atom. The molecule has 1 aliphatic rings. The second kappa shape index (κ2) is 4.35. The summed E-state index contributed by atoms with van der Waals surface area (Å²) in [7, 11) is 0. The molecule has 80 valence electrons. The molecule has 1 amide bonds. The van der Waals surface area contributed by atoms with Crippen LogP contribution in [-0.4, -0.2) is 22.2 Å². The molecule has 1 aromatic carbocycles. The molecule has 3 heteroatoms. The average molecular weight is 268 g/mol. The highest BCUT2D eigenvalue weighted by Crippen LogP contribution is 2.28. The zero-order valence-electron chi connectivity index (χ0n) is 8.69. The van der Waals surface area contributed by atoms with E-state index in [1.54, 1.807) is 0 Å². The molecule has 0 spiro atoms. The summed E-state index contributed by atoms with van der Waals surface area (Å²) in [6.07, 6.45) is 0.913. The lowest BCUT2D eigenvalue weighted by molar-refractivity contribution is -0.128. The van der Waals surface area contributed by atoms with Crippen LogP contribution in [0.2, 0.25) is 0 Å². The number of hydrogen-bond donors (Lipinski definition) is 0. The molecule has 0 bridgehead atoms. The second-order valence-electron chi connectivity index (χ2n) is 3.87. The van der Waals surface area contributed by atoms with Crippen LogP contribution in [0.5, 0.6) is 0 Å². The van der Waals surface area contributed by atoms with E-state index in [1.165, 1.54) is 5.56 Å². The van der Waals surface area contributed by atoms with Gasteiger partial charge in [0.1, 0.15) is 0 Å². The van der Waals surface area contributed by atoms with Gasteiger partial charge >= 0.3 is 0 Å². The molecular weight excluding hydrogens is 254 g/mol. The second-order valence-corrected chi connectivity index (χ2v) is 4.98. The summed E-state index contributed by atoms with van der Waals surface area (Å²) in [5.74, 6) is 0.214. The molecule has 2 atom stereocenters. The van der Waals surface area contributed by atoms with Crippen LogP contribution in [0.4, 0.5) is 0 Å². The molecule has 0 saturated carbocycles. The molecule has 0 aromatic heterocycles. The normalized spacial score (nSPS) is 23.2. The zero-order chi connectivity index (χ0) is 10.8. The highest BCUT2D eigenvalue weighted by molar-refractivity contribution is 9.10. The Morgan fingerprint density at radius 1 is 1.40 bits per heavy atom. The van der Waals surface area contributed by atoms with Crippen molar-refractivity contribution in [1.82, 2.24) is 4.90 Å². The van der Waals surface area contributed by atoms with Gasteiger partial charge in [-0.05, 0) is 18.9 Å². The first-order chi connectivity index (χ1) is 7.20. The lowest BCUT2D eigenvalue weighted by Gasteiger charge is -2.24. The van der Waals surface area contributed by atoms with Gasteiger partial charge in [0.2, 0.25) is 5.91 Å². The van der Waals surface area contributed by atoms with Gasteiger partial charge in [0.15, 0.2) is 0 Å². The molecule has 0 N–H and O–H groups in total. The van der Waals surface area contributed by atoms with E-state index in [0.717, 1.165) is 13.0 Å². The van der Waals surface area contributed by atoms with Crippen molar-refractivity contribution < 1.29 is 4.79 Å². The molecule has 1 aliphatic heterocycles. The number of nitrogens with zero attached hydrogens (tertiary/aromatic N) is 1. The van der Waals surface area contributed by atoms with Crippen molar-refractivity contribution in [2.75, 3.05) is 6.54 Å². The van der Waals surface area contributed by atoms with Crippen LogP contribution in [0.25, 0.3) is 0 Å². The standard InChI is InChI=1S/C12H14BrNO/c1-9(10-5-3-2-4-6-10)14-8-7-11(13)12(14)15/h2-6,9,11H,7-8H2,1H3/t9-,11?/m0/s1. The number of benzene rings is 1. The van der Waals surface area contributed by atoms with Crippen LogP contribution in [0.1, 0.15) is 24.9 Å². The fraction of sp³-hybridized carbons (Fsp3) is 0.417. The highest BCUT2D eigenvalue weighted by atomic mass is 79.9. The first-order valence-corrected chi connectivity index (χ1v) is 6.11. The third-order valence-corrected chi connectivity index (χ3v) is 3.77. The van der Waals surface area contributed by atoms with Crippen LogP contribution < -0.4 is 0 Å². The molecule has 1 saturated heterocycles. The van der Waals surface area contributed by atoms with Gasteiger partial charge in [0, 0.05) is 6.54 Å². The van der Waals surface area contributed by atoms with Crippen LogP contribution >= 0.6 is 15.9 Å². The number of carbonyl (C=O) groups excluding carboxylic acids is 1. The molecule has 2 rings (SSSR count). The lowest BCUT2D eigenvalue weighted by atomic mass is 10.1. The SMILES string of the molecule is C[C@@H](c1ccccc1)N1CCC(Br)C1=O. The molecule has 1 unspecified atom stereocenters. The topological polar surface area (TPSA) is 20.3 Å². The molecule has 1 aromatic rings. The molecule has 15 heavy (non-hydrogen) atoms. The molecule has 2 nitrogen and oxygen atoms in total. The van der Waals surface area contributed by atoms with Crippen LogP contribution in [0.15, 0.2) is 30.3 Å². The van der Waals surface area contributed by atoms with Gasteiger partial charge in [-0.15, -0.1) is 0 Å². The molecule has 1 heterocycles. The number of hydrogen-bond acceptors (Lipinski definition) is 1. The lowest BCUT2D eigenvalue weighted by Crippen LogP contribution is -2.30. The Morgan fingerprint density at radius 3 is 2.60 bits per heavy atom. The average Bonchev–Trinajstić information content (AvgIpc) is 2.60. The van der Waals surface area contributed by atoms with Gasteiger partial charge in [-0.1, -0.05) is 46.3 Å². The Hall–Kier alpha value is -0.830. The summed E-state index contributed by atoms with van der Waals surface area (Å²) in [4.78, 5) is 13.8. The Kier molecular flexibility index (Phi) is 3.10. The molecule has 1 fully saturated rings. The number of rotatable bonds is 2. The third-order valence-electron chi connectivity index (χ3n) is 2.92. The van der Waals surface area contributed by atoms with E-state index in [1.807, 2.05) is 23.1 Å². The zero-order valence-corrected chi connectivity index (χ0v) is 10.3. The number of alkyl halides is 1. The smallest absolute Gasteiger partial charge is 0.236 e. The predicted molar refractivity (Wildman–Crippen MR) is 63.9 cm³/mol. The maximum atomic E-state index is 11.8. The fourth-order valence-electron chi connectivity index (χ4n) is 1.96. The molecule has 0 aliphatic carbocycles. The van der Waals surface area contributed by atoms with Gasteiger partial charge in [-0.2, -0.15) is 0 Å². The van der Waals surface area contributed by atoms with E-state index in [2.05, 4.69) is 35.0 Å². The van der Waals surface area contributed by atoms with E-state index < -0.39 is 0 Å². The summed E-state index contributed by atoms with van der Waals surface area (Å²) in [5, 5.41) is 0. The van der Waals surface area contributed by atoms with Crippen molar-refractivity contribution in [3.8, 4) is 0 Å². The van der Waals surface area contributed by atoms with E-state index >= 15 is 0 Å². The third kappa shape index (κ3) is 2.07. The van der Waals surface area contributed by atoms with Crippen molar-refractivity contribution >= 4 is 21.8 Å². The molecule has 0 radical (unpaired) electrons. The monoisotopic (exact) mass is 267 g/mol. The summed E-state index contributed by atoms with van der Waals surface area (Å²) >= 11 is 3.39. The van der Waals surface area contributed by atoms with Gasteiger partial charge in [-0.3, -0.25) is 4.79 Å². The van der Waals surface area contributed by atoms with Crippen molar-refractivity contribution in [2.45, 2.75) is 24.2 Å². The Bertz CT molecular complexity index is 352. The van der Waals surface area contributed by atoms with E-state index in [-0.39, 0.29) is 16.8 Å². The summed E-state index contributed by atoms with van der Waals surface area (Å²) in [6.45, 7) is 2.93. The first-order valence-electron chi connectivity index (χ1n) is 5.19. The maximum absolute atomic E-state index is 11.8. The fourth-order valence-corrected chi connectivity index (χ4v) is 2.43. The van der Waals surface area contributed by atoms with Gasteiger partial charge < -0.3 is 4.90 Å². The van der Waals surface area contributed by atoms with Gasteiger partial charge in [0.05, 0.1) is 10.9 Å². The van der Waals surface area contributed by atoms with Crippen molar-refractivity contribution in [3.05, 3.63) is 35.9 Å². The van der Waals surface area contributed by atoms with Crippen molar-refractivity contribution in [2.24, 2.45) is 0 Å². The predicted octanol–water partition coefficient (Wildman–Crippen LogP) is 2.74. The summed E-state index contributed by atoms with van der Waals surface area (Å²) in [6, 6.07) is 10.3. The Labute approximate surface area is 98.4 Å². The highest BCUT2D eigenvalue weighted by Gasteiger charge is 2.32. The largest absolute Gasteiger partial charge is 0.335 e. The minimum atomic E-state index is 0.0173. The quantitative estimate of drug-likeness (QED) is 0.755. The number of halogens is 1. The maximum Gasteiger partial charge on any atom is 0.236 e. The minimum absolute atomic E-state index is 0.0173. The van der Waals surface area contributed by atoms with E-state index in [0.29, 0.717) is 0 Å². The summed E-state index contributed by atoms with van der Waals surface area (Å²) in [5.41, 5.74) is 1.20. The van der Waals surface area contributed by atoms with E-state index in [4.69, 9.17) is 0 Å². The van der Waals surface area contributed by atoms with Crippen molar-refractivity contribution in [3.63, 3.8) is 0 Å². The van der Waals surface area contributed by atoms with Gasteiger partial charge in [-0.25, -0.2) is 0 Å². The van der Waals surface area contributed by atoms with E-state index in [9.17, 15) is 4.79 Å². The number of amides is 1. The van der Waals surface area contributed by atoms with Crippen LogP contribution in [0.3, 0.4) is 0 Å². The number of carbonyl (C=O) groups is 1. The van der Waals surface area contributed by atoms with Gasteiger partial charge in [0.25, 0.3) is 0 Å².